The number of rotatable bonds is 3. The average molecular weight is 287 g/mol. The molecule has 0 aliphatic rings. The molecule has 0 amide bonds. The average Bonchev–Trinajstić information content (AvgIpc) is 2.84. The number of hydrogen-bond acceptors (Lipinski definition) is 6. The normalized spacial score (nSPS) is 11.0. The molecule has 9 heteroatoms. The molecule has 0 aromatic carbocycles. The number of anilines is 1. The Bertz CT molecular complexity index is 921. The summed E-state index contributed by atoms with van der Waals surface area (Å²) < 4.78 is 2.79. The lowest BCUT2D eigenvalue weighted by Gasteiger charge is -2.07. The lowest BCUT2D eigenvalue weighted by atomic mass is 10.4. The van der Waals surface area contributed by atoms with Crippen LogP contribution in [0.1, 0.15) is 5.82 Å². The van der Waals surface area contributed by atoms with Crippen molar-refractivity contribution in [1.82, 2.24) is 29.5 Å². The maximum Gasteiger partial charge on any atom is 0.265 e. The Morgan fingerprint density at radius 3 is 2.86 bits per heavy atom. The zero-order chi connectivity index (χ0) is 15.0. The van der Waals surface area contributed by atoms with E-state index in [-0.39, 0.29) is 17.7 Å². The zero-order valence-electron chi connectivity index (χ0n) is 11.5. The molecule has 0 unspecified atom stereocenters. The fourth-order valence-electron chi connectivity index (χ4n) is 2.05. The van der Waals surface area contributed by atoms with Crippen LogP contribution in [0.2, 0.25) is 0 Å². The highest BCUT2D eigenvalue weighted by Crippen LogP contribution is 2.18. The molecular formula is C12H13N7O2. The van der Waals surface area contributed by atoms with Gasteiger partial charge in [0.15, 0.2) is 11.5 Å². The van der Waals surface area contributed by atoms with Crippen LogP contribution in [0.3, 0.4) is 0 Å². The van der Waals surface area contributed by atoms with E-state index in [1.165, 1.54) is 16.8 Å². The molecule has 0 aliphatic carbocycles. The van der Waals surface area contributed by atoms with Gasteiger partial charge in [0.2, 0.25) is 0 Å². The molecule has 0 radical (unpaired) electrons. The van der Waals surface area contributed by atoms with Crippen molar-refractivity contribution in [3.05, 3.63) is 44.9 Å². The molecule has 0 saturated heterocycles. The van der Waals surface area contributed by atoms with Crippen molar-refractivity contribution in [2.75, 3.05) is 12.4 Å². The predicted octanol–water partition coefficient (Wildman–Crippen LogP) is -0.697. The largest absolute Gasteiger partial charge is 0.372 e. The fourth-order valence-corrected chi connectivity index (χ4v) is 2.05. The first-order valence-corrected chi connectivity index (χ1v) is 6.25. The molecule has 108 valence electrons. The summed E-state index contributed by atoms with van der Waals surface area (Å²) in [6.45, 7) is 0.0741. The molecule has 3 aromatic rings. The minimum atomic E-state index is -0.356. The van der Waals surface area contributed by atoms with Gasteiger partial charge in [0, 0.05) is 26.2 Å². The van der Waals surface area contributed by atoms with E-state index in [1.807, 2.05) is 0 Å². The van der Waals surface area contributed by atoms with Gasteiger partial charge in [-0.1, -0.05) is 0 Å². The second-order valence-electron chi connectivity index (χ2n) is 4.48. The maximum absolute atomic E-state index is 11.7. The minimum Gasteiger partial charge on any atom is -0.372 e. The Kier molecular flexibility index (Phi) is 3.01. The number of nitrogens with one attached hydrogen (secondary N) is 2. The quantitative estimate of drug-likeness (QED) is 0.659. The monoisotopic (exact) mass is 287 g/mol. The summed E-state index contributed by atoms with van der Waals surface area (Å²) in [7, 11) is 3.52. The van der Waals surface area contributed by atoms with Gasteiger partial charge in [0.05, 0.1) is 11.6 Å². The second kappa shape index (κ2) is 4.85. The molecule has 0 atom stereocenters. The van der Waals surface area contributed by atoms with Crippen LogP contribution in [0.4, 0.5) is 5.82 Å². The Labute approximate surface area is 118 Å². The van der Waals surface area contributed by atoms with E-state index in [2.05, 4.69) is 25.5 Å². The van der Waals surface area contributed by atoms with E-state index in [9.17, 15) is 9.59 Å². The number of hydrogen-bond donors (Lipinski definition) is 2. The number of aromatic amines is 1. The Hall–Kier alpha value is -2.97. The van der Waals surface area contributed by atoms with Crippen molar-refractivity contribution in [3.8, 4) is 0 Å². The third-order valence-electron chi connectivity index (χ3n) is 3.06. The predicted molar refractivity (Wildman–Crippen MR) is 76.3 cm³/mol. The highest BCUT2D eigenvalue weighted by atomic mass is 16.1. The summed E-state index contributed by atoms with van der Waals surface area (Å²) in [6, 6.07) is 2.39. The second-order valence-corrected chi connectivity index (χ2v) is 4.48. The van der Waals surface area contributed by atoms with Crippen LogP contribution in [0.15, 0.2) is 27.9 Å². The summed E-state index contributed by atoms with van der Waals surface area (Å²) in [6.07, 6.45) is 1.67. The van der Waals surface area contributed by atoms with Gasteiger partial charge >= 0.3 is 0 Å². The third kappa shape index (κ3) is 2.29. The van der Waals surface area contributed by atoms with Gasteiger partial charge in [0.25, 0.3) is 11.1 Å². The molecule has 0 fully saturated rings. The molecule has 0 bridgehead atoms. The van der Waals surface area contributed by atoms with Gasteiger partial charge in [-0.05, 0) is 0 Å². The van der Waals surface area contributed by atoms with Crippen molar-refractivity contribution in [2.24, 2.45) is 7.05 Å². The smallest absolute Gasteiger partial charge is 0.265 e. The molecule has 3 heterocycles. The summed E-state index contributed by atoms with van der Waals surface area (Å²) in [5.74, 6) is 1.02. The van der Waals surface area contributed by atoms with E-state index in [0.717, 1.165) is 5.39 Å². The van der Waals surface area contributed by atoms with Crippen molar-refractivity contribution < 1.29 is 0 Å². The van der Waals surface area contributed by atoms with Gasteiger partial charge in [-0.25, -0.2) is 14.6 Å². The first-order chi connectivity index (χ1) is 10.1. The van der Waals surface area contributed by atoms with Gasteiger partial charge in [-0.15, -0.1) is 0 Å². The Morgan fingerprint density at radius 2 is 2.10 bits per heavy atom. The van der Waals surface area contributed by atoms with Gasteiger partial charge in [0.1, 0.15) is 12.4 Å². The molecule has 21 heavy (non-hydrogen) atoms. The van der Waals surface area contributed by atoms with Crippen molar-refractivity contribution in [3.63, 3.8) is 0 Å². The van der Waals surface area contributed by atoms with Crippen LogP contribution >= 0.6 is 0 Å². The molecule has 0 aliphatic heterocycles. The lowest BCUT2D eigenvalue weighted by Crippen LogP contribution is -2.29. The van der Waals surface area contributed by atoms with Crippen LogP contribution < -0.4 is 16.4 Å². The van der Waals surface area contributed by atoms with E-state index in [0.29, 0.717) is 17.3 Å². The molecule has 3 aromatic heterocycles. The highest BCUT2D eigenvalue weighted by Gasteiger charge is 2.11. The van der Waals surface area contributed by atoms with Gasteiger partial charge in [-0.3, -0.25) is 19.4 Å². The molecule has 2 N–H and O–H groups in total. The molecular weight excluding hydrogens is 274 g/mol. The summed E-state index contributed by atoms with van der Waals surface area (Å²) in [5, 5.41) is 10.3. The number of aryl methyl sites for hydroxylation is 1. The molecule has 9 nitrogen and oxygen atoms in total. The van der Waals surface area contributed by atoms with Crippen LogP contribution in [0, 0.1) is 0 Å². The standard InChI is InChI=1S/C12H13N7O2/c1-13-11-7-5-14-18(2)12(7)16-8(15-11)6-19-10(21)4-3-9(20)17-19/h3-5H,6H2,1-2H3,(H,17,20)(H,13,15,16). The fraction of sp³-hybridized carbons (Fsp3) is 0.250. The van der Waals surface area contributed by atoms with E-state index in [1.54, 1.807) is 25.0 Å². The lowest BCUT2D eigenvalue weighted by molar-refractivity contribution is 0.605. The number of nitrogens with zero attached hydrogens (tertiary/aromatic N) is 5. The summed E-state index contributed by atoms with van der Waals surface area (Å²) in [5.41, 5.74) is -0.0324. The van der Waals surface area contributed by atoms with E-state index >= 15 is 0 Å². The third-order valence-corrected chi connectivity index (χ3v) is 3.06. The molecule has 0 saturated carbocycles. The molecule has 0 spiro atoms. The zero-order valence-corrected chi connectivity index (χ0v) is 11.5. The molecule has 3 rings (SSSR count). The first-order valence-electron chi connectivity index (χ1n) is 6.25. The highest BCUT2D eigenvalue weighted by molar-refractivity contribution is 5.86. The number of aromatic nitrogens is 6. The number of H-pyrrole nitrogens is 1. The van der Waals surface area contributed by atoms with Crippen LogP contribution in [-0.4, -0.2) is 36.6 Å². The van der Waals surface area contributed by atoms with Gasteiger partial charge < -0.3 is 5.32 Å². The summed E-state index contributed by atoms with van der Waals surface area (Å²) in [4.78, 5) is 31.7. The van der Waals surface area contributed by atoms with Gasteiger partial charge in [-0.2, -0.15) is 5.10 Å². The van der Waals surface area contributed by atoms with Crippen LogP contribution in [-0.2, 0) is 13.6 Å². The SMILES string of the molecule is CNc1nc(Cn2[nH]c(=O)ccc2=O)nc2c1cnn2C. The minimum absolute atomic E-state index is 0.0741. The number of fused-ring (bicyclic) bond motifs is 1. The van der Waals surface area contributed by atoms with Crippen molar-refractivity contribution in [1.29, 1.82) is 0 Å². The first kappa shape index (κ1) is 13.0. The maximum atomic E-state index is 11.7. The van der Waals surface area contributed by atoms with Crippen molar-refractivity contribution in [2.45, 2.75) is 6.54 Å². The Balaban J connectivity index is 2.12. The van der Waals surface area contributed by atoms with E-state index < -0.39 is 0 Å². The Morgan fingerprint density at radius 1 is 1.29 bits per heavy atom. The topological polar surface area (TPSA) is 110 Å². The van der Waals surface area contributed by atoms with Crippen molar-refractivity contribution >= 4 is 16.9 Å². The van der Waals surface area contributed by atoms with E-state index in [4.69, 9.17) is 0 Å². The van der Waals surface area contributed by atoms with Crippen LogP contribution in [0.5, 0.6) is 0 Å². The summed E-state index contributed by atoms with van der Waals surface area (Å²) >= 11 is 0. The van der Waals surface area contributed by atoms with Crippen LogP contribution in [0.25, 0.3) is 11.0 Å².